The second-order valence-corrected chi connectivity index (χ2v) is 6.00. The van der Waals surface area contributed by atoms with Crippen LogP contribution in [0, 0.1) is 17.2 Å². The summed E-state index contributed by atoms with van der Waals surface area (Å²) in [4.78, 5) is 0. The molecule has 1 aliphatic carbocycles. The summed E-state index contributed by atoms with van der Waals surface area (Å²) < 4.78 is 14.1. The van der Waals surface area contributed by atoms with Crippen molar-refractivity contribution in [3.05, 3.63) is 34.1 Å². The molecule has 88 valence electrons. The zero-order valence-electron chi connectivity index (χ0n) is 9.47. The molecule has 0 spiro atoms. The third-order valence-electron chi connectivity index (χ3n) is 3.56. The van der Waals surface area contributed by atoms with Gasteiger partial charge in [-0.3, -0.25) is 0 Å². The van der Waals surface area contributed by atoms with Gasteiger partial charge in [-0.1, -0.05) is 22.9 Å². The van der Waals surface area contributed by atoms with E-state index in [4.69, 9.17) is 5.73 Å². The molecule has 0 amide bonds. The predicted octanol–water partition coefficient (Wildman–Crippen LogP) is 3.51. The zero-order chi connectivity index (χ0) is 11.8. The van der Waals surface area contributed by atoms with Crippen molar-refractivity contribution in [1.29, 1.82) is 0 Å². The minimum Gasteiger partial charge on any atom is -0.330 e. The van der Waals surface area contributed by atoms with Gasteiger partial charge in [0.1, 0.15) is 5.82 Å². The lowest BCUT2D eigenvalue weighted by atomic mass is 9.79. The molecule has 16 heavy (non-hydrogen) atoms. The summed E-state index contributed by atoms with van der Waals surface area (Å²) in [7, 11) is 0. The molecule has 3 heteroatoms. The van der Waals surface area contributed by atoms with Crippen LogP contribution in [-0.2, 0) is 6.42 Å². The Labute approximate surface area is 104 Å². The van der Waals surface area contributed by atoms with Crippen molar-refractivity contribution in [1.82, 2.24) is 0 Å². The van der Waals surface area contributed by atoms with Crippen LogP contribution < -0.4 is 5.73 Å². The van der Waals surface area contributed by atoms with E-state index in [0.717, 1.165) is 22.4 Å². The minimum absolute atomic E-state index is 0.132. The fraction of sp³-hybridized carbons (Fsp3) is 0.538. The third kappa shape index (κ3) is 2.64. The summed E-state index contributed by atoms with van der Waals surface area (Å²) in [5, 5.41) is 0. The molecule has 1 aromatic rings. The van der Waals surface area contributed by atoms with E-state index in [1.165, 1.54) is 18.9 Å². The Balaban J connectivity index is 2.18. The molecule has 1 nitrogen and oxygen atoms in total. The topological polar surface area (TPSA) is 26.0 Å². The van der Waals surface area contributed by atoms with E-state index >= 15 is 0 Å². The van der Waals surface area contributed by atoms with Crippen LogP contribution >= 0.6 is 15.9 Å². The molecule has 1 unspecified atom stereocenters. The summed E-state index contributed by atoms with van der Waals surface area (Å²) in [6.07, 6.45) is 3.40. The average Bonchev–Trinajstić information content (AvgIpc) is 2.98. The van der Waals surface area contributed by atoms with Gasteiger partial charge >= 0.3 is 0 Å². The number of rotatable bonds is 4. The Morgan fingerprint density at radius 2 is 2.12 bits per heavy atom. The monoisotopic (exact) mass is 285 g/mol. The lowest BCUT2D eigenvalue weighted by Crippen LogP contribution is -2.31. The minimum atomic E-state index is -0.181. The summed E-state index contributed by atoms with van der Waals surface area (Å²) in [6.45, 7) is 2.88. The van der Waals surface area contributed by atoms with E-state index in [9.17, 15) is 4.39 Å². The van der Waals surface area contributed by atoms with Crippen LogP contribution in [0.1, 0.15) is 25.3 Å². The van der Waals surface area contributed by atoms with Gasteiger partial charge in [-0.2, -0.15) is 0 Å². The van der Waals surface area contributed by atoms with Crippen LogP contribution in [-0.4, -0.2) is 6.54 Å². The standard InChI is InChI=1S/C13H17BrFN/c1-13(8-16,10-2-3-10)7-9-4-11(14)6-12(15)5-9/h4-6,10H,2-3,7-8,16H2,1H3. The van der Waals surface area contributed by atoms with Gasteiger partial charge in [-0.15, -0.1) is 0 Å². The second-order valence-electron chi connectivity index (χ2n) is 5.09. The van der Waals surface area contributed by atoms with E-state index in [-0.39, 0.29) is 11.2 Å². The molecule has 0 saturated heterocycles. The van der Waals surface area contributed by atoms with Gasteiger partial charge in [0.25, 0.3) is 0 Å². The third-order valence-corrected chi connectivity index (χ3v) is 4.02. The van der Waals surface area contributed by atoms with Gasteiger partial charge in [0, 0.05) is 4.47 Å². The first-order valence-electron chi connectivity index (χ1n) is 5.68. The maximum Gasteiger partial charge on any atom is 0.124 e. The average molecular weight is 286 g/mol. The van der Waals surface area contributed by atoms with Crippen molar-refractivity contribution < 1.29 is 4.39 Å². The lowest BCUT2D eigenvalue weighted by molar-refractivity contribution is 0.281. The molecular formula is C13H17BrFN. The first kappa shape index (κ1) is 12.1. The van der Waals surface area contributed by atoms with Crippen LogP contribution in [0.2, 0.25) is 0 Å². The van der Waals surface area contributed by atoms with E-state index in [2.05, 4.69) is 22.9 Å². The van der Waals surface area contributed by atoms with Crippen LogP contribution in [0.15, 0.2) is 22.7 Å². The largest absolute Gasteiger partial charge is 0.330 e. The second kappa shape index (κ2) is 4.46. The number of benzene rings is 1. The quantitative estimate of drug-likeness (QED) is 0.900. The first-order valence-corrected chi connectivity index (χ1v) is 6.48. The van der Waals surface area contributed by atoms with E-state index in [1.807, 2.05) is 6.07 Å². The maximum absolute atomic E-state index is 13.3. The molecule has 1 saturated carbocycles. The van der Waals surface area contributed by atoms with Gasteiger partial charge in [-0.05, 0) is 60.9 Å². The van der Waals surface area contributed by atoms with Crippen molar-refractivity contribution in [3.63, 3.8) is 0 Å². The summed E-state index contributed by atoms with van der Waals surface area (Å²) in [5.41, 5.74) is 7.03. The van der Waals surface area contributed by atoms with Crippen LogP contribution in [0.4, 0.5) is 4.39 Å². The number of nitrogens with two attached hydrogens (primary N) is 1. The molecule has 2 rings (SSSR count). The Morgan fingerprint density at radius 3 is 2.62 bits per heavy atom. The fourth-order valence-corrected chi connectivity index (χ4v) is 2.86. The highest BCUT2D eigenvalue weighted by Crippen LogP contribution is 2.46. The highest BCUT2D eigenvalue weighted by Gasteiger charge is 2.40. The van der Waals surface area contributed by atoms with Crippen LogP contribution in [0.5, 0.6) is 0 Å². The molecule has 1 fully saturated rings. The molecule has 0 aromatic heterocycles. The molecule has 0 radical (unpaired) electrons. The summed E-state index contributed by atoms with van der Waals surface area (Å²) in [6, 6.07) is 5.08. The highest BCUT2D eigenvalue weighted by molar-refractivity contribution is 9.10. The number of hydrogen-bond acceptors (Lipinski definition) is 1. The van der Waals surface area contributed by atoms with Gasteiger partial charge in [0.05, 0.1) is 0 Å². The summed E-state index contributed by atoms with van der Waals surface area (Å²) >= 11 is 3.32. The maximum atomic E-state index is 13.3. The van der Waals surface area contributed by atoms with Gasteiger partial charge < -0.3 is 5.73 Å². The van der Waals surface area contributed by atoms with Gasteiger partial charge in [0.2, 0.25) is 0 Å². The molecular weight excluding hydrogens is 269 g/mol. The van der Waals surface area contributed by atoms with Crippen LogP contribution in [0.3, 0.4) is 0 Å². The normalized spacial score (nSPS) is 19.5. The molecule has 1 atom stereocenters. The zero-order valence-corrected chi connectivity index (χ0v) is 11.1. The molecule has 1 aromatic carbocycles. The van der Waals surface area contributed by atoms with Gasteiger partial charge in [0.15, 0.2) is 0 Å². The van der Waals surface area contributed by atoms with E-state index in [1.54, 1.807) is 6.07 Å². The number of halogens is 2. The van der Waals surface area contributed by atoms with Crippen molar-refractivity contribution >= 4 is 15.9 Å². The van der Waals surface area contributed by atoms with E-state index < -0.39 is 0 Å². The molecule has 0 bridgehead atoms. The fourth-order valence-electron chi connectivity index (χ4n) is 2.34. The Bertz CT molecular complexity index is 369. The van der Waals surface area contributed by atoms with Crippen molar-refractivity contribution in [2.24, 2.45) is 17.1 Å². The van der Waals surface area contributed by atoms with Gasteiger partial charge in [-0.25, -0.2) is 4.39 Å². The Morgan fingerprint density at radius 1 is 1.44 bits per heavy atom. The molecule has 2 N–H and O–H groups in total. The Kier molecular flexibility index (Phi) is 3.36. The smallest absolute Gasteiger partial charge is 0.124 e. The first-order chi connectivity index (χ1) is 7.53. The number of hydrogen-bond donors (Lipinski definition) is 1. The molecule has 0 heterocycles. The Hall–Kier alpha value is -0.410. The molecule has 0 aliphatic heterocycles. The SMILES string of the molecule is CC(CN)(Cc1cc(F)cc(Br)c1)C1CC1. The van der Waals surface area contributed by atoms with E-state index in [0.29, 0.717) is 6.54 Å². The highest BCUT2D eigenvalue weighted by atomic mass is 79.9. The van der Waals surface area contributed by atoms with Crippen LogP contribution in [0.25, 0.3) is 0 Å². The van der Waals surface area contributed by atoms with Crippen molar-refractivity contribution in [2.75, 3.05) is 6.54 Å². The van der Waals surface area contributed by atoms with Crippen molar-refractivity contribution in [3.8, 4) is 0 Å². The molecule has 1 aliphatic rings. The lowest BCUT2D eigenvalue weighted by Gasteiger charge is -2.28. The summed E-state index contributed by atoms with van der Waals surface area (Å²) in [5.74, 6) is 0.541. The predicted molar refractivity (Wildman–Crippen MR) is 67.7 cm³/mol. The van der Waals surface area contributed by atoms with Crippen molar-refractivity contribution in [2.45, 2.75) is 26.2 Å².